The first-order chi connectivity index (χ1) is 8.08. The Labute approximate surface area is 103 Å². The minimum Gasteiger partial charge on any atom is -0.496 e. The van der Waals surface area contributed by atoms with Crippen LogP contribution in [0.25, 0.3) is 0 Å². The summed E-state index contributed by atoms with van der Waals surface area (Å²) < 4.78 is 5.24. The van der Waals surface area contributed by atoms with Gasteiger partial charge in [-0.3, -0.25) is 4.79 Å². The highest BCUT2D eigenvalue weighted by Gasteiger charge is 2.10. The molecule has 17 heavy (non-hydrogen) atoms. The van der Waals surface area contributed by atoms with Crippen LogP contribution >= 0.6 is 0 Å². The van der Waals surface area contributed by atoms with E-state index in [1.807, 2.05) is 32.0 Å². The number of methoxy groups -OCH3 is 1. The van der Waals surface area contributed by atoms with Gasteiger partial charge < -0.3 is 10.5 Å². The zero-order valence-electron chi connectivity index (χ0n) is 10.8. The molecule has 0 saturated heterocycles. The van der Waals surface area contributed by atoms with Crippen molar-refractivity contribution in [1.82, 2.24) is 0 Å². The van der Waals surface area contributed by atoms with Gasteiger partial charge in [-0.05, 0) is 43.5 Å². The van der Waals surface area contributed by atoms with Gasteiger partial charge in [-0.15, -0.1) is 0 Å². The van der Waals surface area contributed by atoms with Crippen molar-refractivity contribution >= 4 is 5.78 Å². The average molecular weight is 235 g/mol. The molecule has 1 rings (SSSR count). The first-order valence-corrected chi connectivity index (χ1v) is 6.04. The van der Waals surface area contributed by atoms with Gasteiger partial charge in [0, 0.05) is 18.0 Å². The summed E-state index contributed by atoms with van der Waals surface area (Å²) in [7, 11) is 1.64. The third-order valence-corrected chi connectivity index (χ3v) is 2.81. The minimum absolute atomic E-state index is 0.0721. The van der Waals surface area contributed by atoms with Crippen molar-refractivity contribution in [3.8, 4) is 5.75 Å². The Morgan fingerprint density at radius 3 is 2.71 bits per heavy atom. The van der Waals surface area contributed by atoms with Crippen molar-refractivity contribution in [2.45, 2.75) is 39.2 Å². The van der Waals surface area contributed by atoms with Crippen LogP contribution in [0.2, 0.25) is 0 Å². The van der Waals surface area contributed by atoms with Gasteiger partial charge in [0.2, 0.25) is 0 Å². The second-order valence-electron chi connectivity index (χ2n) is 4.32. The van der Waals surface area contributed by atoms with Crippen LogP contribution in [-0.2, 0) is 6.42 Å². The van der Waals surface area contributed by atoms with E-state index < -0.39 is 0 Å². The number of carbonyl (C=O) groups is 1. The Balaban J connectivity index is 2.81. The molecule has 0 bridgehead atoms. The van der Waals surface area contributed by atoms with Crippen LogP contribution in [0.15, 0.2) is 18.2 Å². The maximum atomic E-state index is 11.9. The maximum absolute atomic E-state index is 11.9. The molecule has 94 valence electrons. The SMILES string of the molecule is CCc1cc(C(=O)CCC(C)N)ccc1OC. The Morgan fingerprint density at radius 2 is 2.18 bits per heavy atom. The molecule has 1 aromatic rings. The van der Waals surface area contributed by atoms with Crippen LogP contribution in [0, 0.1) is 0 Å². The number of aryl methyl sites for hydroxylation is 1. The van der Waals surface area contributed by atoms with Crippen LogP contribution < -0.4 is 10.5 Å². The first-order valence-electron chi connectivity index (χ1n) is 6.04. The Kier molecular flexibility index (Phi) is 5.16. The molecule has 3 heteroatoms. The summed E-state index contributed by atoms with van der Waals surface area (Å²) in [6, 6.07) is 5.67. The molecule has 0 radical (unpaired) electrons. The van der Waals surface area contributed by atoms with Crippen molar-refractivity contribution < 1.29 is 9.53 Å². The molecule has 0 heterocycles. The molecule has 1 aromatic carbocycles. The van der Waals surface area contributed by atoms with Gasteiger partial charge in [-0.2, -0.15) is 0 Å². The summed E-state index contributed by atoms with van der Waals surface area (Å²) in [5.74, 6) is 0.996. The molecule has 0 aliphatic rings. The summed E-state index contributed by atoms with van der Waals surface area (Å²) in [4.78, 5) is 11.9. The largest absolute Gasteiger partial charge is 0.496 e. The van der Waals surface area contributed by atoms with E-state index in [9.17, 15) is 4.79 Å². The van der Waals surface area contributed by atoms with Crippen molar-refractivity contribution in [2.24, 2.45) is 5.73 Å². The Morgan fingerprint density at radius 1 is 1.47 bits per heavy atom. The van der Waals surface area contributed by atoms with Crippen molar-refractivity contribution in [2.75, 3.05) is 7.11 Å². The van der Waals surface area contributed by atoms with E-state index in [-0.39, 0.29) is 11.8 Å². The fraction of sp³-hybridized carbons (Fsp3) is 0.500. The predicted octanol–water partition coefficient (Wildman–Crippen LogP) is 2.57. The molecule has 0 amide bonds. The van der Waals surface area contributed by atoms with E-state index in [4.69, 9.17) is 10.5 Å². The van der Waals surface area contributed by atoms with Gasteiger partial charge >= 0.3 is 0 Å². The Bertz CT molecular complexity index is 386. The monoisotopic (exact) mass is 235 g/mol. The smallest absolute Gasteiger partial charge is 0.162 e. The normalized spacial score (nSPS) is 12.2. The minimum atomic E-state index is 0.0721. The number of nitrogens with two attached hydrogens (primary N) is 1. The summed E-state index contributed by atoms with van der Waals surface area (Å²) in [5.41, 5.74) is 7.47. The molecule has 0 aliphatic heterocycles. The number of ether oxygens (including phenoxy) is 1. The van der Waals surface area contributed by atoms with Crippen LogP contribution in [0.1, 0.15) is 42.6 Å². The summed E-state index contributed by atoms with van der Waals surface area (Å²) in [5, 5.41) is 0. The molecule has 0 saturated carbocycles. The molecule has 1 atom stereocenters. The second kappa shape index (κ2) is 6.40. The van der Waals surface area contributed by atoms with Gasteiger partial charge in [-0.25, -0.2) is 0 Å². The third-order valence-electron chi connectivity index (χ3n) is 2.81. The van der Waals surface area contributed by atoms with Gasteiger partial charge in [0.15, 0.2) is 5.78 Å². The van der Waals surface area contributed by atoms with Crippen LogP contribution in [0.3, 0.4) is 0 Å². The third kappa shape index (κ3) is 3.86. The number of Topliss-reactive ketones (excluding diaryl/α,β-unsaturated/α-hetero) is 1. The average Bonchev–Trinajstić information content (AvgIpc) is 2.34. The van der Waals surface area contributed by atoms with E-state index in [2.05, 4.69) is 0 Å². The second-order valence-corrected chi connectivity index (χ2v) is 4.32. The molecular formula is C14H21NO2. The highest BCUT2D eigenvalue weighted by molar-refractivity contribution is 5.96. The standard InChI is InChI=1S/C14H21NO2/c1-4-11-9-12(6-8-14(11)17-3)13(16)7-5-10(2)15/h6,8-10H,4-5,7,15H2,1-3H3. The molecule has 0 fully saturated rings. The van der Waals surface area contributed by atoms with E-state index in [1.165, 1.54) is 0 Å². The fourth-order valence-corrected chi connectivity index (χ4v) is 1.73. The molecule has 0 aromatic heterocycles. The van der Waals surface area contributed by atoms with Gasteiger partial charge in [0.1, 0.15) is 5.75 Å². The Hall–Kier alpha value is -1.35. The zero-order valence-corrected chi connectivity index (χ0v) is 10.8. The molecular weight excluding hydrogens is 214 g/mol. The summed E-state index contributed by atoms with van der Waals surface area (Å²) in [6.07, 6.45) is 2.09. The molecule has 1 unspecified atom stereocenters. The molecule has 0 aliphatic carbocycles. The number of hydrogen-bond donors (Lipinski definition) is 1. The van der Waals surface area contributed by atoms with E-state index in [0.29, 0.717) is 6.42 Å². The number of carbonyl (C=O) groups excluding carboxylic acids is 1. The lowest BCUT2D eigenvalue weighted by molar-refractivity contribution is 0.0978. The van der Waals surface area contributed by atoms with Crippen molar-refractivity contribution in [1.29, 1.82) is 0 Å². The maximum Gasteiger partial charge on any atom is 0.162 e. The van der Waals surface area contributed by atoms with Crippen molar-refractivity contribution in [3.63, 3.8) is 0 Å². The van der Waals surface area contributed by atoms with Crippen molar-refractivity contribution in [3.05, 3.63) is 29.3 Å². The quantitative estimate of drug-likeness (QED) is 0.771. The van der Waals surface area contributed by atoms with Gasteiger partial charge in [0.25, 0.3) is 0 Å². The lowest BCUT2D eigenvalue weighted by Crippen LogP contribution is -2.16. The molecule has 0 spiro atoms. The van der Waals surface area contributed by atoms with Crippen LogP contribution in [-0.4, -0.2) is 18.9 Å². The number of benzene rings is 1. The zero-order chi connectivity index (χ0) is 12.8. The molecule has 3 nitrogen and oxygen atoms in total. The highest BCUT2D eigenvalue weighted by atomic mass is 16.5. The van der Waals surface area contributed by atoms with Crippen LogP contribution in [0.4, 0.5) is 0 Å². The van der Waals surface area contributed by atoms with E-state index in [1.54, 1.807) is 7.11 Å². The van der Waals surface area contributed by atoms with Crippen LogP contribution in [0.5, 0.6) is 5.75 Å². The molecule has 2 N–H and O–H groups in total. The van der Waals surface area contributed by atoms with Gasteiger partial charge in [0.05, 0.1) is 7.11 Å². The first kappa shape index (κ1) is 13.7. The number of ketones is 1. The summed E-state index contributed by atoms with van der Waals surface area (Å²) in [6.45, 7) is 3.97. The predicted molar refractivity (Wildman–Crippen MR) is 69.6 cm³/mol. The summed E-state index contributed by atoms with van der Waals surface area (Å²) >= 11 is 0. The highest BCUT2D eigenvalue weighted by Crippen LogP contribution is 2.21. The van der Waals surface area contributed by atoms with Gasteiger partial charge in [-0.1, -0.05) is 6.92 Å². The lowest BCUT2D eigenvalue weighted by atomic mass is 10.0. The lowest BCUT2D eigenvalue weighted by Gasteiger charge is -2.09. The topological polar surface area (TPSA) is 52.3 Å². The number of hydrogen-bond acceptors (Lipinski definition) is 3. The fourth-order valence-electron chi connectivity index (χ4n) is 1.73. The van der Waals surface area contributed by atoms with E-state index >= 15 is 0 Å². The van der Waals surface area contributed by atoms with E-state index in [0.717, 1.165) is 29.7 Å². The number of rotatable bonds is 6.